The van der Waals surface area contributed by atoms with E-state index in [0.717, 1.165) is 13.0 Å². The Morgan fingerprint density at radius 1 is 1.30 bits per heavy atom. The van der Waals surface area contributed by atoms with Crippen molar-refractivity contribution < 1.29 is 13.6 Å². The predicted molar refractivity (Wildman–Crippen MR) is 84.6 cm³/mol. The molecule has 1 amide bonds. The first-order chi connectivity index (χ1) is 11.2. The minimum atomic E-state index is -0.399. The number of hydrogen-bond acceptors (Lipinski definition) is 3. The fourth-order valence-electron chi connectivity index (χ4n) is 2.24. The minimum absolute atomic E-state index is 0.117. The summed E-state index contributed by atoms with van der Waals surface area (Å²) in [5.74, 6) is -0.361. The highest BCUT2D eigenvalue weighted by atomic mass is 19.1. The number of amides is 1. The van der Waals surface area contributed by atoms with Crippen LogP contribution in [-0.2, 0) is 6.54 Å². The van der Waals surface area contributed by atoms with E-state index in [4.69, 9.17) is 4.42 Å². The fourth-order valence-corrected chi connectivity index (χ4v) is 2.24. The van der Waals surface area contributed by atoms with Crippen LogP contribution in [0.15, 0.2) is 53.2 Å². The third-order valence-electron chi connectivity index (χ3n) is 3.31. The second kappa shape index (κ2) is 6.48. The molecule has 23 heavy (non-hydrogen) atoms. The zero-order chi connectivity index (χ0) is 16.2. The predicted octanol–water partition coefficient (Wildman–Crippen LogP) is 3.94. The first kappa shape index (κ1) is 15.0. The molecule has 1 aromatic carbocycles. The zero-order valence-electron chi connectivity index (χ0n) is 12.6. The molecule has 5 nitrogen and oxygen atoms in total. The lowest BCUT2D eigenvalue weighted by atomic mass is 10.1. The smallest absolute Gasteiger partial charge is 0.291 e. The normalized spacial score (nSPS) is 10.7. The third kappa shape index (κ3) is 3.31. The van der Waals surface area contributed by atoms with Crippen molar-refractivity contribution >= 4 is 11.6 Å². The Balaban J connectivity index is 1.74. The summed E-state index contributed by atoms with van der Waals surface area (Å²) in [5.41, 5.74) is 0.912. The van der Waals surface area contributed by atoms with Crippen LogP contribution in [0.5, 0.6) is 0 Å². The first-order valence-corrected chi connectivity index (χ1v) is 7.36. The lowest BCUT2D eigenvalue weighted by Crippen LogP contribution is -2.10. The van der Waals surface area contributed by atoms with Crippen molar-refractivity contribution in [1.29, 1.82) is 0 Å². The molecule has 0 atom stereocenters. The topological polar surface area (TPSA) is 60.1 Å². The van der Waals surface area contributed by atoms with Gasteiger partial charge in [-0.1, -0.05) is 19.1 Å². The summed E-state index contributed by atoms with van der Waals surface area (Å²) < 4.78 is 20.9. The molecule has 0 unspecified atom stereocenters. The molecule has 0 spiro atoms. The van der Waals surface area contributed by atoms with Crippen molar-refractivity contribution in [1.82, 2.24) is 9.78 Å². The Morgan fingerprint density at radius 3 is 2.91 bits per heavy atom. The average Bonchev–Trinajstić information content (AvgIpc) is 3.18. The van der Waals surface area contributed by atoms with Gasteiger partial charge >= 0.3 is 0 Å². The van der Waals surface area contributed by atoms with E-state index < -0.39 is 11.7 Å². The Bertz CT molecular complexity index is 823. The number of aryl methyl sites for hydroxylation is 1. The molecule has 0 fully saturated rings. The average molecular weight is 313 g/mol. The van der Waals surface area contributed by atoms with Gasteiger partial charge in [-0.05, 0) is 30.7 Å². The maximum Gasteiger partial charge on any atom is 0.291 e. The van der Waals surface area contributed by atoms with Crippen molar-refractivity contribution in [2.45, 2.75) is 19.9 Å². The van der Waals surface area contributed by atoms with Crippen molar-refractivity contribution in [3.8, 4) is 11.3 Å². The molecule has 3 rings (SSSR count). The van der Waals surface area contributed by atoms with Gasteiger partial charge in [-0.25, -0.2) is 4.39 Å². The van der Waals surface area contributed by atoms with Crippen molar-refractivity contribution in [3.05, 3.63) is 60.4 Å². The molecular formula is C17H16FN3O2. The van der Waals surface area contributed by atoms with Gasteiger partial charge in [-0.15, -0.1) is 0 Å². The second-order valence-corrected chi connectivity index (χ2v) is 5.09. The molecule has 3 aromatic rings. The molecule has 0 radical (unpaired) electrons. The Morgan fingerprint density at radius 2 is 2.13 bits per heavy atom. The van der Waals surface area contributed by atoms with Crippen LogP contribution in [0.2, 0.25) is 0 Å². The van der Waals surface area contributed by atoms with Crippen LogP contribution in [0.1, 0.15) is 23.9 Å². The van der Waals surface area contributed by atoms with E-state index in [9.17, 15) is 9.18 Å². The third-order valence-corrected chi connectivity index (χ3v) is 3.31. The quantitative estimate of drug-likeness (QED) is 0.776. The summed E-state index contributed by atoms with van der Waals surface area (Å²) in [6.45, 7) is 2.83. The van der Waals surface area contributed by atoms with Crippen molar-refractivity contribution in [2.75, 3.05) is 5.32 Å². The number of benzene rings is 1. The number of hydrogen-bond donors (Lipinski definition) is 1. The van der Waals surface area contributed by atoms with Gasteiger partial charge in [0.05, 0.1) is 17.4 Å². The van der Waals surface area contributed by atoms with Gasteiger partial charge < -0.3 is 9.73 Å². The van der Waals surface area contributed by atoms with Gasteiger partial charge in [0, 0.05) is 12.7 Å². The van der Waals surface area contributed by atoms with Crippen LogP contribution in [0, 0.1) is 5.82 Å². The van der Waals surface area contributed by atoms with Gasteiger partial charge in [-0.2, -0.15) is 5.10 Å². The van der Waals surface area contributed by atoms with Gasteiger partial charge in [0.25, 0.3) is 5.91 Å². The summed E-state index contributed by atoms with van der Waals surface area (Å²) in [6, 6.07) is 9.36. The molecule has 6 heteroatoms. The Kier molecular flexibility index (Phi) is 4.23. The van der Waals surface area contributed by atoms with Crippen LogP contribution in [0.3, 0.4) is 0 Å². The standard InChI is InChI=1S/C17H16FN3O2/c1-2-9-21-11-12(10-19-21)20-17(22)16-8-7-15(23-16)13-5-3-4-6-14(13)18/h3-8,10-11H,2,9H2,1H3,(H,20,22). The van der Waals surface area contributed by atoms with Gasteiger partial charge in [0.15, 0.2) is 5.76 Å². The van der Waals surface area contributed by atoms with E-state index in [1.165, 1.54) is 12.1 Å². The van der Waals surface area contributed by atoms with E-state index in [0.29, 0.717) is 17.0 Å². The number of carbonyl (C=O) groups excluding carboxylic acids is 1. The highest BCUT2D eigenvalue weighted by Crippen LogP contribution is 2.25. The lowest BCUT2D eigenvalue weighted by Gasteiger charge is -2.00. The number of carbonyl (C=O) groups is 1. The maximum atomic E-state index is 13.7. The van der Waals surface area contributed by atoms with Crippen molar-refractivity contribution in [3.63, 3.8) is 0 Å². The first-order valence-electron chi connectivity index (χ1n) is 7.36. The molecule has 0 saturated carbocycles. The summed E-state index contributed by atoms with van der Waals surface area (Å²) in [6.07, 6.45) is 4.29. The summed E-state index contributed by atoms with van der Waals surface area (Å²) >= 11 is 0. The molecule has 0 aliphatic carbocycles. The highest BCUT2D eigenvalue weighted by molar-refractivity contribution is 6.02. The molecular weight excluding hydrogens is 297 g/mol. The largest absolute Gasteiger partial charge is 0.451 e. The lowest BCUT2D eigenvalue weighted by molar-refractivity contribution is 0.0997. The highest BCUT2D eigenvalue weighted by Gasteiger charge is 2.15. The van der Waals surface area contributed by atoms with Crippen LogP contribution in [0.4, 0.5) is 10.1 Å². The van der Waals surface area contributed by atoms with E-state index >= 15 is 0 Å². The summed E-state index contributed by atoms with van der Waals surface area (Å²) in [4.78, 5) is 12.2. The molecule has 0 bridgehead atoms. The number of nitrogens with zero attached hydrogens (tertiary/aromatic N) is 2. The summed E-state index contributed by atoms with van der Waals surface area (Å²) in [7, 11) is 0. The van der Waals surface area contributed by atoms with Crippen LogP contribution >= 0.6 is 0 Å². The van der Waals surface area contributed by atoms with Crippen molar-refractivity contribution in [2.24, 2.45) is 0 Å². The van der Waals surface area contributed by atoms with E-state index in [-0.39, 0.29) is 5.76 Å². The number of aromatic nitrogens is 2. The molecule has 118 valence electrons. The Labute approximate surface area is 132 Å². The number of nitrogens with one attached hydrogen (secondary N) is 1. The fraction of sp³-hybridized carbons (Fsp3) is 0.176. The van der Waals surface area contributed by atoms with Gasteiger partial charge in [0.1, 0.15) is 11.6 Å². The SMILES string of the molecule is CCCn1cc(NC(=O)c2ccc(-c3ccccc3F)o2)cn1. The van der Waals surface area contributed by atoms with Gasteiger partial charge in [-0.3, -0.25) is 9.48 Å². The minimum Gasteiger partial charge on any atom is -0.451 e. The molecule has 0 aliphatic heterocycles. The second-order valence-electron chi connectivity index (χ2n) is 5.09. The van der Waals surface area contributed by atoms with Crippen LogP contribution in [-0.4, -0.2) is 15.7 Å². The van der Waals surface area contributed by atoms with E-state index in [2.05, 4.69) is 10.4 Å². The zero-order valence-corrected chi connectivity index (χ0v) is 12.6. The number of furan rings is 1. The monoisotopic (exact) mass is 313 g/mol. The molecule has 2 heterocycles. The Hall–Kier alpha value is -2.89. The van der Waals surface area contributed by atoms with E-state index in [1.54, 1.807) is 41.3 Å². The van der Waals surface area contributed by atoms with Crippen LogP contribution < -0.4 is 5.32 Å². The molecule has 0 saturated heterocycles. The van der Waals surface area contributed by atoms with Gasteiger partial charge in [0.2, 0.25) is 0 Å². The number of anilines is 1. The summed E-state index contributed by atoms with van der Waals surface area (Å²) in [5, 5.41) is 6.85. The maximum absolute atomic E-state index is 13.7. The number of rotatable bonds is 5. The molecule has 0 aliphatic rings. The van der Waals surface area contributed by atoms with Crippen LogP contribution in [0.25, 0.3) is 11.3 Å². The molecule has 2 aromatic heterocycles. The molecule has 1 N–H and O–H groups in total. The number of halogens is 1. The van der Waals surface area contributed by atoms with E-state index in [1.807, 2.05) is 6.92 Å².